The number of aromatic nitrogens is 4. The smallest absolute Gasteiger partial charge is 0.257 e. The van der Waals surface area contributed by atoms with E-state index >= 15 is 0 Å². The first-order valence-electron chi connectivity index (χ1n) is 10.1. The first-order chi connectivity index (χ1) is 16.4. The van der Waals surface area contributed by atoms with E-state index in [2.05, 4.69) is 25.9 Å². The summed E-state index contributed by atoms with van der Waals surface area (Å²) in [6.07, 6.45) is 0. The van der Waals surface area contributed by atoms with Crippen molar-refractivity contribution in [1.29, 1.82) is 0 Å². The number of rotatable bonds is 7. The number of benzene rings is 2. The Morgan fingerprint density at radius 3 is 2.32 bits per heavy atom. The summed E-state index contributed by atoms with van der Waals surface area (Å²) < 4.78 is 17.6. The Bertz CT molecular complexity index is 1320. The fourth-order valence-electron chi connectivity index (χ4n) is 3.21. The van der Waals surface area contributed by atoms with Crippen molar-refractivity contribution in [3.8, 4) is 27.8 Å². The quantitative estimate of drug-likeness (QED) is 0.371. The zero-order valence-corrected chi connectivity index (χ0v) is 20.5. The predicted octanol–water partition coefficient (Wildman–Crippen LogP) is 2.99. The fourth-order valence-corrected chi connectivity index (χ4v) is 4.27. The van der Waals surface area contributed by atoms with E-state index in [1.807, 2.05) is 31.2 Å². The largest absolute Gasteiger partial charge is 0.493 e. The SMILES string of the molecule is COc1cc(C(=O)NC(=S)NCc2ccc(-c3nn4c(C)nnc4s3)cc2)cc(OC)c1OC. The van der Waals surface area contributed by atoms with Crippen LogP contribution in [0.4, 0.5) is 0 Å². The van der Waals surface area contributed by atoms with Gasteiger partial charge >= 0.3 is 0 Å². The number of aryl methyl sites for hydroxylation is 1. The van der Waals surface area contributed by atoms with Crippen LogP contribution in [0.5, 0.6) is 17.2 Å². The van der Waals surface area contributed by atoms with Gasteiger partial charge in [-0.1, -0.05) is 35.6 Å². The molecule has 0 aliphatic heterocycles. The summed E-state index contributed by atoms with van der Waals surface area (Å²) in [4.78, 5) is 13.4. The van der Waals surface area contributed by atoms with Gasteiger partial charge in [-0.05, 0) is 36.8 Å². The second-order valence-corrected chi connectivity index (χ2v) is 8.46. The summed E-state index contributed by atoms with van der Waals surface area (Å²) in [6, 6.07) is 11.0. The molecule has 0 spiro atoms. The van der Waals surface area contributed by atoms with Crippen LogP contribution in [0, 0.1) is 6.92 Å². The van der Waals surface area contributed by atoms with E-state index in [1.54, 1.807) is 16.6 Å². The molecule has 0 unspecified atom stereocenters. The summed E-state index contributed by atoms with van der Waals surface area (Å²) in [7, 11) is 4.47. The fraction of sp³-hybridized carbons (Fsp3) is 0.227. The second kappa shape index (κ2) is 10.0. The summed E-state index contributed by atoms with van der Waals surface area (Å²) in [5.41, 5.74) is 2.30. The molecule has 34 heavy (non-hydrogen) atoms. The number of hydrogen-bond acceptors (Lipinski definition) is 9. The van der Waals surface area contributed by atoms with Crippen LogP contribution in [0.15, 0.2) is 36.4 Å². The van der Waals surface area contributed by atoms with Gasteiger partial charge in [0.15, 0.2) is 22.4 Å². The second-order valence-electron chi connectivity index (χ2n) is 7.10. The summed E-state index contributed by atoms with van der Waals surface area (Å²) in [5.74, 6) is 1.52. The number of ether oxygens (including phenoxy) is 3. The van der Waals surface area contributed by atoms with Crippen LogP contribution in [0.1, 0.15) is 21.7 Å². The first-order valence-corrected chi connectivity index (χ1v) is 11.3. The molecule has 2 aromatic carbocycles. The van der Waals surface area contributed by atoms with Gasteiger partial charge in [-0.25, -0.2) is 0 Å². The third-order valence-electron chi connectivity index (χ3n) is 4.95. The lowest BCUT2D eigenvalue weighted by molar-refractivity contribution is 0.0976. The van der Waals surface area contributed by atoms with Crippen LogP contribution < -0.4 is 24.8 Å². The molecule has 0 radical (unpaired) electrons. The van der Waals surface area contributed by atoms with Gasteiger partial charge in [-0.2, -0.15) is 9.61 Å². The van der Waals surface area contributed by atoms with Gasteiger partial charge in [-0.15, -0.1) is 10.2 Å². The Kier molecular flexibility index (Phi) is 6.89. The van der Waals surface area contributed by atoms with E-state index in [-0.39, 0.29) is 5.11 Å². The number of carbonyl (C=O) groups is 1. The molecular weight excluding hydrogens is 476 g/mol. The van der Waals surface area contributed by atoms with Gasteiger partial charge in [0.25, 0.3) is 5.91 Å². The van der Waals surface area contributed by atoms with Crippen molar-refractivity contribution in [3.05, 3.63) is 53.3 Å². The highest BCUT2D eigenvalue weighted by Crippen LogP contribution is 2.38. The van der Waals surface area contributed by atoms with Crippen molar-refractivity contribution in [1.82, 2.24) is 30.4 Å². The standard InChI is InChI=1S/C22H22N6O4S2/c1-12-25-26-22-28(12)27-20(34-22)14-7-5-13(6-8-14)11-23-21(33)24-19(29)15-9-16(30-2)18(32-4)17(10-15)31-3/h5-10H,11H2,1-4H3,(H2,23,24,29,33). The maximum Gasteiger partial charge on any atom is 0.257 e. The molecular formula is C22H22N6O4S2. The highest BCUT2D eigenvalue weighted by molar-refractivity contribution is 7.80. The first kappa shape index (κ1) is 23.4. The lowest BCUT2D eigenvalue weighted by Crippen LogP contribution is -2.38. The highest BCUT2D eigenvalue weighted by atomic mass is 32.1. The average Bonchev–Trinajstić information content (AvgIpc) is 3.43. The molecule has 0 aliphatic rings. The number of thiocarbonyl (C=S) groups is 1. The van der Waals surface area contributed by atoms with E-state index in [0.717, 1.165) is 26.9 Å². The summed E-state index contributed by atoms with van der Waals surface area (Å²) >= 11 is 6.76. The molecule has 176 valence electrons. The van der Waals surface area contributed by atoms with Gasteiger partial charge in [0, 0.05) is 17.7 Å². The minimum Gasteiger partial charge on any atom is -0.493 e. The lowest BCUT2D eigenvalue weighted by atomic mass is 10.1. The number of amides is 1. The number of hydrogen-bond donors (Lipinski definition) is 2. The van der Waals surface area contributed by atoms with Gasteiger partial charge < -0.3 is 19.5 Å². The topological polar surface area (TPSA) is 112 Å². The van der Waals surface area contributed by atoms with Crippen LogP contribution in [0.3, 0.4) is 0 Å². The van der Waals surface area contributed by atoms with Crippen LogP contribution in [-0.2, 0) is 6.54 Å². The van der Waals surface area contributed by atoms with E-state index in [9.17, 15) is 4.79 Å². The van der Waals surface area contributed by atoms with E-state index in [0.29, 0.717) is 29.4 Å². The molecule has 0 aliphatic carbocycles. The van der Waals surface area contributed by atoms with Gasteiger partial charge in [0.1, 0.15) is 5.01 Å². The maximum absolute atomic E-state index is 12.7. The van der Waals surface area contributed by atoms with Crippen LogP contribution in [0.25, 0.3) is 15.5 Å². The van der Waals surface area contributed by atoms with Gasteiger partial charge in [0.05, 0.1) is 21.3 Å². The molecule has 0 saturated carbocycles. The van der Waals surface area contributed by atoms with Crippen molar-refractivity contribution in [3.63, 3.8) is 0 Å². The van der Waals surface area contributed by atoms with Gasteiger partial charge in [0.2, 0.25) is 10.7 Å². The van der Waals surface area contributed by atoms with E-state index in [4.69, 9.17) is 26.4 Å². The number of nitrogens with one attached hydrogen (secondary N) is 2. The zero-order valence-electron chi connectivity index (χ0n) is 18.9. The molecule has 0 bridgehead atoms. The Hall–Kier alpha value is -3.77. The maximum atomic E-state index is 12.7. The zero-order chi connectivity index (χ0) is 24.2. The number of fused-ring (bicyclic) bond motifs is 1. The molecule has 1 amide bonds. The van der Waals surface area contributed by atoms with E-state index in [1.165, 1.54) is 32.7 Å². The average molecular weight is 499 g/mol. The Morgan fingerprint density at radius 2 is 1.74 bits per heavy atom. The predicted molar refractivity (Wildman–Crippen MR) is 132 cm³/mol. The van der Waals surface area contributed by atoms with Crippen molar-refractivity contribution in [2.24, 2.45) is 0 Å². The molecule has 2 aromatic heterocycles. The van der Waals surface area contributed by atoms with Crippen LogP contribution in [-0.4, -0.2) is 52.2 Å². The Balaban J connectivity index is 1.37. The van der Waals surface area contributed by atoms with Crippen LogP contribution in [0.2, 0.25) is 0 Å². The highest BCUT2D eigenvalue weighted by Gasteiger charge is 2.17. The minimum atomic E-state index is -0.398. The van der Waals surface area contributed by atoms with Crippen molar-refractivity contribution in [2.45, 2.75) is 13.5 Å². The molecule has 2 N–H and O–H groups in total. The third-order valence-corrected chi connectivity index (χ3v) is 6.15. The molecule has 2 heterocycles. The molecule has 4 rings (SSSR count). The molecule has 12 heteroatoms. The lowest BCUT2D eigenvalue weighted by Gasteiger charge is -2.14. The molecule has 10 nitrogen and oxygen atoms in total. The molecule has 0 atom stereocenters. The van der Waals surface area contributed by atoms with Crippen molar-refractivity contribution < 1.29 is 19.0 Å². The number of carbonyl (C=O) groups excluding carboxylic acids is 1. The monoisotopic (exact) mass is 498 g/mol. The van der Waals surface area contributed by atoms with Crippen molar-refractivity contribution in [2.75, 3.05) is 21.3 Å². The Labute approximate surface area is 204 Å². The number of methoxy groups -OCH3 is 3. The summed E-state index contributed by atoms with van der Waals surface area (Å²) in [5, 5.41) is 19.4. The molecule has 0 saturated heterocycles. The normalized spacial score (nSPS) is 10.7. The third kappa shape index (κ3) is 4.77. The Morgan fingerprint density at radius 1 is 1.06 bits per heavy atom. The minimum absolute atomic E-state index is 0.201. The van der Waals surface area contributed by atoms with Crippen molar-refractivity contribution >= 4 is 39.5 Å². The molecule has 0 fully saturated rings. The number of nitrogens with zero attached hydrogens (tertiary/aromatic N) is 4. The van der Waals surface area contributed by atoms with Gasteiger partial charge in [-0.3, -0.25) is 10.1 Å². The van der Waals surface area contributed by atoms with E-state index < -0.39 is 5.91 Å². The molecule has 4 aromatic rings. The van der Waals surface area contributed by atoms with Crippen LogP contribution >= 0.6 is 23.6 Å². The summed E-state index contributed by atoms with van der Waals surface area (Å²) in [6.45, 7) is 2.31.